The largest absolute Gasteiger partial charge is 0.334 e. The Morgan fingerprint density at radius 3 is 2.83 bits per heavy atom. The fourth-order valence-electron chi connectivity index (χ4n) is 1.46. The Morgan fingerprint density at radius 1 is 1.42 bits per heavy atom. The Balaban J connectivity index is 2.71. The first kappa shape index (κ1) is 7.40. The van der Waals surface area contributed by atoms with Crippen LogP contribution in [0.4, 0.5) is 0 Å². The fraction of sp³-hybridized carbons (Fsp3) is 0.444. The van der Waals surface area contributed by atoms with Crippen molar-refractivity contribution in [1.82, 2.24) is 14.1 Å². The molecule has 0 aliphatic carbocycles. The molecule has 12 heavy (non-hydrogen) atoms. The second-order valence-corrected chi connectivity index (χ2v) is 3.38. The van der Waals surface area contributed by atoms with Gasteiger partial charge in [-0.05, 0) is 19.9 Å². The molecule has 3 nitrogen and oxygen atoms in total. The molecule has 0 unspecified atom stereocenters. The number of rotatable bonds is 1. The van der Waals surface area contributed by atoms with Gasteiger partial charge in [-0.2, -0.15) is 0 Å². The van der Waals surface area contributed by atoms with E-state index in [0.717, 1.165) is 5.65 Å². The molecule has 0 aromatic carbocycles. The first-order valence-corrected chi connectivity index (χ1v) is 4.18. The molecule has 0 radical (unpaired) electrons. The van der Waals surface area contributed by atoms with Crippen LogP contribution in [-0.4, -0.2) is 14.1 Å². The zero-order chi connectivity index (χ0) is 8.72. The van der Waals surface area contributed by atoms with Gasteiger partial charge in [0.25, 0.3) is 0 Å². The molecule has 0 saturated heterocycles. The van der Waals surface area contributed by atoms with Crippen LogP contribution in [0, 0.1) is 0 Å². The predicted molar refractivity (Wildman–Crippen MR) is 49.1 cm³/mol. The van der Waals surface area contributed by atoms with Crippen molar-refractivity contribution in [2.75, 3.05) is 0 Å². The summed E-state index contributed by atoms with van der Waals surface area (Å²) < 4.78 is 4.21. The highest BCUT2D eigenvalue weighted by molar-refractivity contribution is 5.72. The van der Waals surface area contributed by atoms with Crippen molar-refractivity contribution >= 4 is 11.2 Å². The molecule has 2 aromatic heterocycles. The molecule has 0 bridgehead atoms. The van der Waals surface area contributed by atoms with Crippen LogP contribution in [0.15, 0.2) is 18.6 Å². The lowest BCUT2D eigenvalue weighted by Crippen LogP contribution is -1.96. The predicted octanol–water partition coefficient (Wildman–Crippen LogP) is 1.96. The zero-order valence-corrected chi connectivity index (χ0v) is 7.65. The number of imidazole rings is 1. The molecule has 0 aliphatic rings. The van der Waals surface area contributed by atoms with Gasteiger partial charge >= 0.3 is 0 Å². The summed E-state index contributed by atoms with van der Waals surface area (Å²) in [4.78, 5) is 4.33. The third-order valence-corrected chi connectivity index (χ3v) is 2.16. The van der Waals surface area contributed by atoms with Gasteiger partial charge in [0.05, 0.1) is 11.8 Å². The second-order valence-electron chi connectivity index (χ2n) is 3.38. The van der Waals surface area contributed by atoms with Crippen LogP contribution in [-0.2, 0) is 7.05 Å². The lowest BCUT2D eigenvalue weighted by Gasteiger charge is -2.05. The van der Waals surface area contributed by atoms with E-state index in [4.69, 9.17) is 0 Å². The minimum absolute atomic E-state index is 0.484. The summed E-state index contributed by atoms with van der Waals surface area (Å²) in [5.74, 6) is 0. The number of fused-ring (bicyclic) bond motifs is 1. The molecule has 0 amide bonds. The number of aromatic nitrogens is 3. The van der Waals surface area contributed by atoms with Crippen LogP contribution < -0.4 is 0 Å². The molecule has 2 rings (SSSR count). The highest BCUT2D eigenvalue weighted by Gasteiger charge is 2.06. The highest BCUT2D eigenvalue weighted by Crippen LogP contribution is 2.17. The minimum atomic E-state index is 0.484. The van der Waals surface area contributed by atoms with Crippen molar-refractivity contribution in [1.29, 1.82) is 0 Å². The van der Waals surface area contributed by atoms with Crippen LogP contribution in [0.5, 0.6) is 0 Å². The van der Waals surface area contributed by atoms with Gasteiger partial charge in [0, 0.05) is 19.3 Å². The maximum absolute atomic E-state index is 4.33. The van der Waals surface area contributed by atoms with Gasteiger partial charge < -0.3 is 9.13 Å². The topological polar surface area (TPSA) is 22.8 Å². The Labute approximate surface area is 71.6 Å². The van der Waals surface area contributed by atoms with Gasteiger partial charge in [0.1, 0.15) is 0 Å². The molecular weight excluding hydrogens is 150 g/mol. The Hall–Kier alpha value is -1.25. The summed E-state index contributed by atoms with van der Waals surface area (Å²) in [6.07, 6.45) is 3.94. The van der Waals surface area contributed by atoms with E-state index in [9.17, 15) is 0 Å². The maximum atomic E-state index is 4.33. The van der Waals surface area contributed by atoms with Gasteiger partial charge in [-0.3, -0.25) is 0 Å². The third-order valence-electron chi connectivity index (χ3n) is 2.16. The van der Waals surface area contributed by atoms with Crippen molar-refractivity contribution in [3.63, 3.8) is 0 Å². The first-order chi connectivity index (χ1) is 5.70. The van der Waals surface area contributed by atoms with Gasteiger partial charge in [0.2, 0.25) is 0 Å². The van der Waals surface area contributed by atoms with E-state index >= 15 is 0 Å². The smallest absolute Gasteiger partial charge is 0.158 e. The average Bonchev–Trinajstić information content (AvgIpc) is 2.53. The molecule has 64 valence electrons. The van der Waals surface area contributed by atoms with Crippen molar-refractivity contribution in [2.45, 2.75) is 19.9 Å². The minimum Gasteiger partial charge on any atom is -0.334 e. The quantitative estimate of drug-likeness (QED) is 0.630. The number of aryl methyl sites for hydroxylation is 1. The summed E-state index contributed by atoms with van der Waals surface area (Å²) in [6, 6.07) is 2.58. The van der Waals surface area contributed by atoms with Crippen LogP contribution in [0.2, 0.25) is 0 Å². The van der Waals surface area contributed by atoms with Gasteiger partial charge in [0.15, 0.2) is 5.65 Å². The van der Waals surface area contributed by atoms with Gasteiger partial charge in [-0.25, -0.2) is 4.98 Å². The normalized spacial score (nSPS) is 11.7. The van der Waals surface area contributed by atoms with E-state index < -0.39 is 0 Å². The van der Waals surface area contributed by atoms with E-state index in [0.29, 0.717) is 6.04 Å². The van der Waals surface area contributed by atoms with E-state index in [1.165, 1.54) is 5.52 Å². The fourth-order valence-corrected chi connectivity index (χ4v) is 1.46. The van der Waals surface area contributed by atoms with E-state index in [2.05, 4.69) is 29.5 Å². The molecular formula is C9H13N3. The summed E-state index contributed by atoms with van der Waals surface area (Å²) in [5.41, 5.74) is 2.27. The lowest BCUT2D eigenvalue weighted by molar-refractivity contribution is 0.617. The highest BCUT2D eigenvalue weighted by atomic mass is 15.1. The van der Waals surface area contributed by atoms with Crippen molar-refractivity contribution < 1.29 is 0 Å². The van der Waals surface area contributed by atoms with Gasteiger partial charge in [-0.15, -0.1) is 0 Å². The number of hydrogen-bond donors (Lipinski definition) is 0. The van der Waals surface area contributed by atoms with E-state index in [1.807, 2.05) is 24.1 Å². The summed E-state index contributed by atoms with van der Waals surface area (Å²) >= 11 is 0. The third kappa shape index (κ3) is 0.858. The van der Waals surface area contributed by atoms with Crippen molar-refractivity contribution in [3.8, 4) is 0 Å². The Bertz CT molecular complexity index is 395. The van der Waals surface area contributed by atoms with Crippen LogP contribution in [0.3, 0.4) is 0 Å². The standard InChI is InChI=1S/C9H13N3/c1-7(2)12-6-10-9-8(12)4-5-11(9)3/h4-7H,1-3H3. The monoisotopic (exact) mass is 163 g/mol. The average molecular weight is 163 g/mol. The molecule has 0 N–H and O–H groups in total. The molecule has 0 spiro atoms. The maximum Gasteiger partial charge on any atom is 0.158 e. The molecule has 0 saturated carbocycles. The molecule has 2 aromatic rings. The van der Waals surface area contributed by atoms with Crippen LogP contribution >= 0.6 is 0 Å². The zero-order valence-electron chi connectivity index (χ0n) is 7.65. The SMILES string of the molecule is CC(C)n1cnc2c1ccn2C. The summed E-state index contributed by atoms with van der Waals surface area (Å²) in [5, 5.41) is 0. The number of nitrogens with zero attached hydrogens (tertiary/aromatic N) is 3. The van der Waals surface area contributed by atoms with Gasteiger partial charge in [-0.1, -0.05) is 0 Å². The lowest BCUT2D eigenvalue weighted by atomic mass is 10.4. The number of hydrogen-bond acceptors (Lipinski definition) is 1. The van der Waals surface area contributed by atoms with Crippen LogP contribution in [0.1, 0.15) is 19.9 Å². The first-order valence-electron chi connectivity index (χ1n) is 4.18. The van der Waals surface area contributed by atoms with E-state index in [1.54, 1.807) is 0 Å². The van der Waals surface area contributed by atoms with Crippen molar-refractivity contribution in [3.05, 3.63) is 18.6 Å². The molecule has 0 fully saturated rings. The molecule has 2 heterocycles. The Kier molecular flexibility index (Phi) is 1.46. The van der Waals surface area contributed by atoms with E-state index in [-0.39, 0.29) is 0 Å². The van der Waals surface area contributed by atoms with Crippen molar-refractivity contribution in [2.24, 2.45) is 7.05 Å². The summed E-state index contributed by atoms with van der Waals surface area (Å²) in [7, 11) is 2.01. The molecule has 3 heteroatoms. The molecule has 0 aliphatic heterocycles. The van der Waals surface area contributed by atoms with Crippen LogP contribution in [0.25, 0.3) is 11.2 Å². The summed E-state index contributed by atoms with van der Waals surface area (Å²) in [6.45, 7) is 4.32. The molecule has 0 atom stereocenters. The Morgan fingerprint density at radius 2 is 2.17 bits per heavy atom. The second kappa shape index (κ2) is 2.37.